The third-order valence-electron chi connectivity index (χ3n) is 11.1. The van der Waals surface area contributed by atoms with Gasteiger partial charge in [0, 0.05) is 17.1 Å². The van der Waals surface area contributed by atoms with Crippen molar-refractivity contribution < 1.29 is 0 Å². The van der Waals surface area contributed by atoms with Gasteiger partial charge in [-0.15, -0.1) is 0 Å². The first-order valence-corrected chi connectivity index (χ1v) is 22.3. The third-order valence-corrected chi connectivity index (χ3v) is 19.8. The molecule has 220 valence electrons. The first kappa shape index (κ1) is 26.8. The van der Waals surface area contributed by atoms with Crippen LogP contribution < -0.4 is 63.5 Å². The van der Waals surface area contributed by atoms with E-state index in [0.29, 0.717) is 0 Å². The summed E-state index contributed by atoms with van der Waals surface area (Å²) in [4.78, 5) is 2.70. The van der Waals surface area contributed by atoms with Crippen molar-refractivity contribution in [1.29, 1.82) is 0 Å². The summed E-state index contributed by atoms with van der Waals surface area (Å²) in [6.07, 6.45) is 0. The van der Waals surface area contributed by atoms with Gasteiger partial charge in [0.15, 0.2) is 0 Å². The Bertz CT molecular complexity index is 2470. The van der Waals surface area contributed by atoms with Crippen LogP contribution >= 0.6 is 15.8 Å². The van der Waals surface area contributed by atoms with Crippen LogP contribution in [0.3, 0.4) is 0 Å². The molecule has 0 saturated heterocycles. The Kier molecular flexibility index (Phi) is 5.37. The molecule has 0 N–H and O–H groups in total. The second-order valence-corrected chi connectivity index (χ2v) is 22.3. The SMILES string of the molecule is C[Si]1(C)c2ccccc2N2c3cccc4c3B3c5c(cccc5P4c4cccc5ccccc45)P(c4ccccc4)c4ccc1c2c43. The first-order chi connectivity index (χ1) is 23.1. The summed E-state index contributed by atoms with van der Waals surface area (Å²) in [6, 6.07) is 56.3. The van der Waals surface area contributed by atoms with E-state index in [1.54, 1.807) is 32.0 Å². The molecule has 47 heavy (non-hydrogen) atoms. The average Bonchev–Trinajstić information content (AvgIpc) is 3.12. The number of nitrogens with zero attached hydrogens (tertiary/aromatic N) is 1. The van der Waals surface area contributed by atoms with Crippen molar-refractivity contribution in [3.05, 3.63) is 146 Å². The minimum atomic E-state index is -1.97. The zero-order chi connectivity index (χ0) is 31.0. The van der Waals surface area contributed by atoms with Crippen LogP contribution in [0.5, 0.6) is 0 Å². The van der Waals surface area contributed by atoms with Crippen LogP contribution in [-0.4, -0.2) is 14.8 Å². The molecule has 0 bridgehead atoms. The Hall–Kier alpha value is -4.26. The van der Waals surface area contributed by atoms with Gasteiger partial charge in [0.2, 0.25) is 6.71 Å². The van der Waals surface area contributed by atoms with Crippen molar-refractivity contribution in [2.75, 3.05) is 4.90 Å². The number of benzene rings is 7. The Morgan fingerprint density at radius 1 is 0.468 bits per heavy atom. The van der Waals surface area contributed by atoms with Crippen LogP contribution in [0.25, 0.3) is 10.8 Å². The van der Waals surface area contributed by atoms with Crippen molar-refractivity contribution in [3.63, 3.8) is 0 Å². The zero-order valence-electron chi connectivity index (χ0n) is 26.3. The molecular formula is C42H30BNP2Si. The molecule has 7 aromatic rings. The van der Waals surface area contributed by atoms with Gasteiger partial charge in [-0.25, -0.2) is 0 Å². The molecule has 0 radical (unpaired) electrons. The summed E-state index contributed by atoms with van der Waals surface area (Å²) in [7, 11) is -3.48. The number of hydrogen-bond acceptors (Lipinski definition) is 1. The van der Waals surface area contributed by atoms with E-state index >= 15 is 0 Å². The monoisotopic (exact) mass is 649 g/mol. The Morgan fingerprint density at radius 3 is 1.96 bits per heavy atom. The topological polar surface area (TPSA) is 3.24 Å². The summed E-state index contributed by atoms with van der Waals surface area (Å²) in [6.45, 7) is 5.38. The van der Waals surface area contributed by atoms with Gasteiger partial charge in [0.05, 0.1) is 0 Å². The van der Waals surface area contributed by atoms with Gasteiger partial charge in [-0.2, -0.15) is 0 Å². The fraction of sp³-hybridized carbons (Fsp3) is 0.0476. The lowest BCUT2D eigenvalue weighted by Gasteiger charge is -2.51. The van der Waals surface area contributed by atoms with Crippen LogP contribution in [0.15, 0.2) is 146 Å². The van der Waals surface area contributed by atoms with Gasteiger partial charge in [0.1, 0.15) is 8.07 Å². The molecule has 0 saturated carbocycles. The van der Waals surface area contributed by atoms with Crippen molar-refractivity contribution in [3.8, 4) is 0 Å². The number of rotatable bonds is 2. The maximum atomic E-state index is 2.70. The Labute approximate surface area is 279 Å². The van der Waals surface area contributed by atoms with Crippen molar-refractivity contribution in [2.24, 2.45) is 0 Å². The standard InChI is InChI=1S/C42H30BNP2Si/c1-47(2)37-24-9-8-18-30(37)44-31-19-11-21-33-39(31)43-40-34(45(28-15-4-3-5-16-28)36-25-26-38(47)42(44)41(36)43)22-12-23-35(40)46(33)32-20-10-14-27-13-6-7-17-29(27)32/h3-26H,1-2H3. The van der Waals surface area contributed by atoms with Gasteiger partial charge < -0.3 is 4.90 Å². The number of hydrogen-bond donors (Lipinski definition) is 0. The summed E-state index contributed by atoms with van der Waals surface area (Å²) < 4.78 is 0. The molecular weight excluding hydrogens is 619 g/mol. The summed E-state index contributed by atoms with van der Waals surface area (Å²) in [5, 5.41) is 14.9. The molecule has 5 heteroatoms. The largest absolute Gasteiger partial charge is 0.312 e. The molecule has 4 aliphatic heterocycles. The fourth-order valence-corrected chi connectivity index (χ4v) is 17.9. The molecule has 0 fully saturated rings. The maximum absolute atomic E-state index is 2.70. The van der Waals surface area contributed by atoms with Crippen LogP contribution in [0.1, 0.15) is 0 Å². The molecule has 0 spiro atoms. The lowest BCUT2D eigenvalue weighted by Crippen LogP contribution is -2.77. The number of fused-ring (bicyclic) bond motifs is 4. The van der Waals surface area contributed by atoms with Gasteiger partial charge in [0.25, 0.3) is 0 Å². The second kappa shape index (κ2) is 9.42. The predicted octanol–water partition coefficient (Wildman–Crippen LogP) is 4.42. The summed E-state index contributed by atoms with van der Waals surface area (Å²) >= 11 is 0. The maximum Gasteiger partial charge on any atom is 0.250 e. The van der Waals surface area contributed by atoms with Gasteiger partial charge in [-0.1, -0.05) is 152 Å². The lowest BCUT2D eigenvalue weighted by atomic mass is 9.34. The molecule has 2 atom stereocenters. The van der Waals surface area contributed by atoms with E-state index in [1.165, 1.54) is 54.4 Å². The first-order valence-electron chi connectivity index (χ1n) is 16.6. The highest BCUT2D eigenvalue weighted by Gasteiger charge is 2.53. The molecule has 7 aromatic carbocycles. The minimum Gasteiger partial charge on any atom is -0.312 e. The lowest BCUT2D eigenvalue weighted by molar-refractivity contribution is 1.30. The van der Waals surface area contributed by atoms with Crippen molar-refractivity contribution >= 4 is 117 Å². The average molecular weight is 650 g/mol. The van der Waals surface area contributed by atoms with E-state index in [4.69, 9.17) is 0 Å². The van der Waals surface area contributed by atoms with E-state index in [-0.39, 0.29) is 6.71 Å². The molecule has 11 rings (SSSR count). The molecule has 2 unspecified atom stereocenters. The number of para-hydroxylation sites is 1. The zero-order valence-corrected chi connectivity index (χ0v) is 29.1. The Balaban J connectivity index is 1.32. The van der Waals surface area contributed by atoms with Gasteiger partial charge in [-0.3, -0.25) is 0 Å². The van der Waals surface area contributed by atoms with Gasteiger partial charge >= 0.3 is 0 Å². The van der Waals surface area contributed by atoms with Crippen LogP contribution in [-0.2, 0) is 0 Å². The molecule has 0 amide bonds. The molecule has 0 aliphatic carbocycles. The van der Waals surface area contributed by atoms with Crippen LogP contribution in [0.2, 0.25) is 13.1 Å². The molecule has 1 nitrogen and oxygen atoms in total. The van der Waals surface area contributed by atoms with Crippen LogP contribution in [0, 0.1) is 0 Å². The predicted molar refractivity (Wildman–Crippen MR) is 211 cm³/mol. The summed E-state index contributed by atoms with van der Waals surface area (Å²) in [5.74, 6) is 0. The van der Waals surface area contributed by atoms with E-state index in [0.717, 1.165) is 0 Å². The molecule has 4 aliphatic rings. The smallest absolute Gasteiger partial charge is 0.250 e. The van der Waals surface area contributed by atoms with E-state index < -0.39 is 23.9 Å². The Morgan fingerprint density at radius 2 is 1.09 bits per heavy atom. The van der Waals surface area contributed by atoms with Crippen molar-refractivity contribution in [1.82, 2.24) is 0 Å². The molecule has 4 heterocycles. The van der Waals surface area contributed by atoms with Gasteiger partial charge in [-0.05, 0) is 91.9 Å². The third kappa shape index (κ3) is 3.33. The second-order valence-electron chi connectivity index (χ2n) is 13.7. The number of anilines is 3. The highest BCUT2D eigenvalue weighted by Crippen LogP contribution is 2.47. The van der Waals surface area contributed by atoms with Crippen LogP contribution in [0.4, 0.5) is 17.1 Å². The highest BCUT2D eigenvalue weighted by atomic mass is 31.1. The normalized spacial score (nSPS) is 18.5. The van der Waals surface area contributed by atoms with Crippen molar-refractivity contribution in [2.45, 2.75) is 13.1 Å². The van der Waals surface area contributed by atoms with E-state index in [1.807, 2.05) is 0 Å². The van der Waals surface area contributed by atoms with E-state index in [9.17, 15) is 0 Å². The minimum absolute atomic E-state index is 0.250. The highest BCUT2D eigenvalue weighted by molar-refractivity contribution is 7.84. The van der Waals surface area contributed by atoms with E-state index in [2.05, 4.69) is 164 Å². The molecule has 0 aromatic heterocycles. The fourth-order valence-electron chi connectivity index (χ4n) is 9.20. The summed E-state index contributed by atoms with van der Waals surface area (Å²) in [5.41, 5.74) is 8.99. The quantitative estimate of drug-likeness (QED) is 0.198.